The molecule has 1 aliphatic rings. The quantitative estimate of drug-likeness (QED) is 0.656. The van der Waals surface area contributed by atoms with Crippen molar-refractivity contribution in [3.8, 4) is 0 Å². The number of hydrogen-bond donors (Lipinski definition) is 1. The molecule has 1 rings (SSSR count). The van der Waals surface area contributed by atoms with Gasteiger partial charge in [-0.25, -0.2) is 0 Å². The first-order chi connectivity index (χ1) is 8.24. The van der Waals surface area contributed by atoms with Gasteiger partial charge in [-0.1, -0.05) is 45.4 Å². The van der Waals surface area contributed by atoms with Crippen molar-refractivity contribution in [1.29, 1.82) is 0 Å². The zero-order chi connectivity index (χ0) is 12.5. The zero-order valence-electron chi connectivity index (χ0n) is 12.0. The second kappa shape index (κ2) is 8.93. The molecule has 17 heavy (non-hydrogen) atoms. The summed E-state index contributed by atoms with van der Waals surface area (Å²) in [6.07, 6.45) is 10.2. The topological polar surface area (TPSA) is 21.3 Å². The van der Waals surface area contributed by atoms with Gasteiger partial charge in [-0.3, -0.25) is 0 Å². The van der Waals surface area contributed by atoms with E-state index in [2.05, 4.69) is 19.2 Å². The third kappa shape index (κ3) is 6.42. The van der Waals surface area contributed by atoms with Gasteiger partial charge in [0.15, 0.2) is 0 Å². The Morgan fingerprint density at radius 2 is 1.88 bits per heavy atom. The molecule has 0 aliphatic heterocycles. The minimum Gasteiger partial charge on any atom is -0.383 e. The van der Waals surface area contributed by atoms with Crippen LogP contribution in [0.25, 0.3) is 0 Å². The van der Waals surface area contributed by atoms with Crippen LogP contribution in [0.4, 0.5) is 0 Å². The van der Waals surface area contributed by atoms with Crippen LogP contribution in [0.1, 0.15) is 58.8 Å². The van der Waals surface area contributed by atoms with E-state index < -0.39 is 0 Å². The van der Waals surface area contributed by atoms with E-state index in [1.54, 1.807) is 7.11 Å². The van der Waals surface area contributed by atoms with Crippen molar-refractivity contribution in [3.63, 3.8) is 0 Å². The van der Waals surface area contributed by atoms with E-state index >= 15 is 0 Å². The molecule has 2 heteroatoms. The Bertz CT molecular complexity index is 178. The molecule has 0 saturated heterocycles. The van der Waals surface area contributed by atoms with Crippen molar-refractivity contribution < 1.29 is 4.74 Å². The molecule has 2 unspecified atom stereocenters. The molecular weight excluding hydrogens is 210 g/mol. The number of methoxy groups -OCH3 is 1. The van der Waals surface area contributed by atoms with Crippen LogP contribution in [0.5, 0.6) is 0 Å². The van der Waals surface area contributed by atoms with Crippen molar-refractivity contribution in [2.24, 2.45) is 11.8 Å². The Labute approximate surface area is 108 Å². The lowest BCUT2D eigenvalue weighted by Gasteiger charge is -2.26. The van der Waals surface area contributed by atoms with Crippen LogP contribution in [-0.4, -0.2) is 26.3 Å². The molecule has 0 aromatic rings. The molecule has 0 amide bonds. The molecule has 2 atom stereocenters. The summed E-state index contributed by atoms with van der Waals surface area (Å²) in [5, 5.41) is 3.55. The molecule has 102 valence electrons. The molecule has 2 nitrogen and oxygen atoms in total. The van der Waals surface area contributed by atoms with E-state index in [0.717, 1.165) is 25.0 Å². The first kappa shape index (κ1) is 15.0. The fourth-order valence-corrected chi connectivity index (χ4v) is 2.81. The van der Waals surface area contributed by atoms with Gasteiger partial charge in [0.25, 0.3) is 0 Å². The van der Waals surface area contributed by atoms with Gasteiger partial charge in [0.05, 0.1) is 6.61 Å². The molecular formula is C15H31NO. The number of nitrogens with one attached hydrogen (secondary N) is 1. The second-order valence-electron chi connectivity index (χ2n) is 5.79. The molecule has 1 aliphatic carbocycles. The van der Waals surface area contributed by atoms with Crippen LogP contribution in [0.15, 0.2) is 0 Å². The van der Waals surface area contributed by atoms with E-state index in [1.165, 1.54) is 44.9 Å². The predicted molar refractivity (Wildman–Crippen MR) is 74.3 cm³/mol. The summed E-state index contributed by atoms with van der Waals surface area (Å²) < 4.78 is 5.06. The van der Waals surface area contributed by atoms with Gasteiger partial charge in [-0.15, -0.1) is 0 Å². The largest absolute Gasteiger partial charge is 0.383 e. The van der Waals surface area contributed by atoms with Crippen molar-refractivity contribution in [2.45, 2.75) is 64.8 Å². The first-order valence-electron chi connectivity index (χ1n) is 7.46. The maximum atomic E-state index is 5.06. The fourth-order valence-electron chi connectivity index (χ4n) is 2.81. The van der Waals surface area contributed by atoms with Crippen LogP contribution < -0.4 is 5.32 Å². The Hall–Kier alpha value is -0.0800. The van der Waals surface area contributed by atoms with Crippen molar-refractivity contribution in [2.75, 3.05) is 20.3 Å². The normalized spacial score (nSPS) is 21.4. The van der Waals surface area contributed by atoms with E-state index in [-0.39, 0.29) is 0 Å². The van der Waals surface area contributed by atoms with Gasteiger partial charge in [0.2, 0.25) is 0 Å². The summed E-state index contributed by atoms with van der Waals surface area (Å²) in [5.41, 5.74) is 0. The fraction of sp³-hybridized carbons (Fsp3) is 1.00. The Kier molecular flexibility index (Phi) is 7.87. The summed E-state index contributed by atoms with van der Waals surface area (Å²) in [5.74, 6) is 1.81. The lowest BCUT2D eigenvalue weighted by molar-refractivity contribution is 0.191. The molecule has 0 aromatic heterocycles. The third-order valence-corrected chi connectivity index (χ3v) is 4.38. The highest BCUT2D eigenvalue weighted by molar-refractivity contribution is 4.72. The smallest absolute Gasteiger partial charge is 0.0587 e. The average molecular weight is 241 g/mol. The minimum absolute atomic E-state index is 0.619. The van der Waals surface area contributed by atoms with Crippen molar-refractivity contribution in [1.82, 2.24) is 5.32 Å². The molecule has 0 bridgehead atoms. The summed E-state index contributed by atoms with van der Waals surface area (Å²) >= 11 is 0. The second-order valence-corrected chi connectivity index (χ2v) is 5.79. The maximum Gasteiger partial charge on any atom is 0.0587 e. The highest BCUT2D eigenvalue weighted by Crippen LogP contribution is 2.29. The van der Waals surface area contributed by atoms with Crippen LogP contribution in [0.3, 0.4) is 0 Å². The highest BCUT2D eigenvalue weighted by Gasteiger charge is 2.17. The molecule has 1 N–H and O–H groups in total. The van der Waals surface area contributed by atoms with Crippen molar-refractivity contribution in [3.05, 3.63) is 0 Å². The van der Waals surface area contributed by atoms with E-state index in [4.69, 9.17) is 4.74 Å². The van der Waals surface area contributed by atoms with Crippen LogP contribution >= 0.6 is 0 Å². The monoisotopic (exact) mass is 241 g/mol. The van der Waals surface area contributed by atoms with E-state index in [1.807, 2.05) is 0 Å². The third-order valence-electron chi connectivity index (χ3n) is 4.38. The summed E-state index contributed by atoms with van der Waals surface area (Å²) in [6.45, 7) is 6.49. The van der Waals surface area contributed by atoms with Gasteiger partial charge >= 0.3 is 0 Å². The van der Waals surface area contributed by atoms with Gasteiger partial charge < -0.3 is 10.1 Å². The van der Waals surface area contributed by atoms with Gasteiger partial charge in [-0.05, 0) is 25.2 Å². The van der Waals surface area contributed by atoms with Crippen LogP contribution in [0, 0.1) is 11.8 Å². The van der Waals surface area contributed by atoms with Gasteiger partial charge in [0, 0.05) is 19.7 Å². The summed E-state index contributed by atoms with van der Waals surface area (Å²) in [6, 6.07) is 0.619. The van der Waals surface area contributed by atoms with E-state index in [9.17, 15) is 0 Å². The summed E-state index contributed by atoms with van der Waals surface area (Å²) in [7, 11) is 1.76. The standard InChI is InChI=1S/C15H31NO/c1-13(14(2)16-11-12-17-3)9-10-15-7-5-4-6-8-15/h13-16H,4-12H2,1-3H3. The molecule has 0 aromatic carbocycles. The lowest BCUT2D eigenvalue weighted by atomic mass is 9.83. The molecule has 0 heterocycles. The van der Waals surface area contributed by atoms with Crippen LogP contribution in [-0.2, 0) is 4.74 Å². The van der Waals surface area contributed by atoms with Gasteiger partial charge in [-0.2, -0.15) is 0 Å². The Morgan fingerprint density at radius 1 is 1.18 bits per heavy atom. The summed E-state index contributed by atoms with van der Waals surface area (Å²) in [4.78, 5) is 0. The average Bonchev–Trinajstić information content (AvgIpc) is 2.37. The van der Waals surface area contributed by atoms with Crippen molar-refractivity contribution >= 4 is 0 Å². The maximum absolute atomic E-state index is 5.06. The Balaban J connectivity index is 2.07. The highest BCUT2D eigenvalue weighted by atomic mass is 16.5. The molecule has 0 radical (unpaired) electrons. The lowest BCUT2D eigenvalue weighted by Crippen LogP contribution is -2.34. The van der Waals surface area contributed by atoms with Crippen LogP contribution in [0.2, 0.25) is 0 Å². The molecule has 0 spiro atoms. The number of ether oxygens (including phenoxy) is 1. The number of rotatable bonds is 8. The predicted octanol–water partition coefficient (Wildman–Crippen LogP) is 3.61. The van der Waals surface area contributed by atoms with Gasteiger partial charge in [0.1, 0.15) is 0 Å². The SMILES string of the molecule is COCCNC(C)C(C)CCC1CCCCC1. The minimum atomic E-state index is 0.619. The first-order valence-corrected chi connectivity index (χ1v) is 7.46. The molecule has 1 saturated carbocycles. The zero-order valence-corrected chi connectivity index (χ0v) is 12.0. The van der Waals surface area contributed by atoms with E-state index in [0.29, 0.717) is 6.04 Å². The Morgan fingerprint density at radius 3 is 2.53 bits per heavy atom. The number of hydrogen-bond acceptors (Lipinski definition) is 2. The molecule has 1 fully saturated rings.